The first-order valence-corrected chi connectivity index (χ1v) is 8.51. The van der Waals surface area contributed by atoms with Crippen molar-refractivity contribution in [2.45, 2.75) is 13.3 Å². The van der Waals surface area contributed by atoms with Crippen molar-refractivity contribution in [2.75, 3.05) is 29.9 Å². The van der Waals surface area contributed by atoms with E-state index in [-0.39, 0.29) is 5.82 Å². The molecule has 1 saturated heterocycles. The Kier molecular flexibility index (Phi) is 3.99. The lowest BCUT2D eigenvalue weighted by Crippen LogP contribution is -2.22. The van der Waals surface area contributed by atoms with Gasteiger partial charge in [-0.15, -0.1) is 0 Å². The second-order valence-corrected chi connectivity index (χ2v) is 6.58. The second-order valence-electron chi connectivity index (χ2n) is 6.58. The van der Waals surface area contributed by atoms with Crippen molar-refractivity contribution in [3.05, 3.63) is 42.1 Å². The largest absolute Gasteiger partial charge is 0.371 e. The summed E-state index contributed by atoms with van der Waals surface area (Å²) in [6, 6.07) is 6.73. The van der Waals surface area contributed by atoms with Crippen molar-refractivity contribution in [3.8, 4) is 0 Å². The Morgan fingerprint density at radius 3 is 2.84 bits per heavy atom. The van der Waals surface area contributed by atoms with Crippen LogP contribution in [0.2, 0.25) is 0 Å². The molecule has 4 rings (SSSR count). The zero-order valence-corrected chi connectivity index (χ0v) is 14.4. The van der Waals surface area contributed by atoms with Gasteiger partial charge in [0.05, 0.1) is 11.6 Å². The molecule has 6 nitrogen and oxygen atoms in total. The van der Waals surface area contributed by atoms with E-state index in [1.165, 1.54) is 12.1 Å². The van der Waals surface area contributed by atoms with Gasteiger partial charge in [0, 0.05) is 32.4 Å². The molecule has 0 amide bonds. The van der Waals surface area contributed by atoms with Gasteiger partial charge in [-0.2, -0.15) is 5.10 Å². The van der Waals surface area contributed by atoms with E-state index in [1.807, 2.05) is 26.1 Å². The molecule has 0 unspecified atom stereocenters. The first-order valence-electron chi connectivity index (χ1n) is 8.51. The van der Waals surface area contributed by atoms with E-state index in [0.29, 0.717) is 5.92 Å². The van der Waals surface area contributed by atoms with Gasteiger partial charge in [0.1, 0.15) is 17.5 Å². The predicted octanol–water partition coefficient (Wildman–Crippen LogP) is 2.75. The molecule has 1 aliphatic heterocycles. The summed E-state index contributed by atoms with van der Waals surface area (Å²) in [6.45, 7) is 4.68. The monoisotopic (exact) mass is 340 g/mol. The van der Waals surface area contributed by atoms with Gasteiger partial charge in [0.2, 0.25) is 0 Å². The second kappa shape index (κ2) is 6.31. The molecule has 3 aromatic rings. The maximum atomic E-state index is 13.1. The summed E-state index contributed by atoms with van der Waals surface area (Å²) in [7, 11) is 1.89. The van der Waals surface area contributed by atoms with Crippen LogP contribution in [-0.4, -0.2) is 39.4 Å². The molecular weight excluding hydrogens is 319 g/mol. The number of halogens is 1. The predicted molar refractivity (Wildman–Crippen MR) is 96.3 cm³/mol. The Morgan fingerprint density at radius 2 is 2.04 bits per heavy atom. The lowest BCUT2D eigenvalue weighted by atomic mass is 10.1. The third-order valence-electron chi connectivity index (χ3n) is 4.74. The summed E-state index contributed by atoms with van der Waals surface area (Å²) >= 11 is 0. The van der Waals surface area contributed by atoms with Gasteiger partial charge in [0.25, 0.3) is 0 Å². The number of nitrogens with zero attached hydrogens (tertiary/aromatic N) is 5. The van der Waals surface area contributed by atoms with Crippen LogP contribution in [0.25, 0.3) is 11.0 Å². The Balaban J connectivity index is 1.43. The van der Waals surface area contributed by atoms with Crippen LogP contribution in [0, 0.1) is 18.7 Å². The fraction of sp³-hybridized carbons (Fsp3) is 0.389. The molecule has 1 aliphatic rings. The Labute approximate surface area is 145 Å². The van der Waals surface area contributed by atoms with Crippen LogP contribution in [0.1, 0.15) is 12.2 Å². The Bertz CT molecular complexity index is 888. The van der Waals surface area contributed by atoms with Gasteiger partial charge in [-0.05, 0) is 43.5 Å². The van der Waals surface area contributed by atoms with Gasteiger partial charge in [-0.25, -0.2) is 14.4 Å². The highest BCUT2D eigenvalue weighted by atomic mass is 19.1. The van der Waals surface area contributed by atoms with E-state index >= 15 is 0 Å². The van der Waals surface area contributed by atoms with E-state index in [2.05, 4.69) is 25.3 Å². The van der Waals surface area contributed by atoms with Gasteiger partial charge in [-0.3, -0.25) is 4.68 Å². The third-order valence-corrected chi connectivity index (χ3v) is 4.74. The van der Waals surface area contributed by atoms with Crippen LogP contribution in [0.3, 0.4) is 0 Å². The van der Waals surface area contributed by atoms with E-state index < -0.39 is 0 Å². The number of benzene rings is 1. The van der Waals surface area contributed by atoms with Crippen LogP contribution >= 0.6 is 0 Å². The molecule has 1 fully saturated rings. The maximum Gasteiger partial charge on any atom is 0.163 e. The van der Waals surface area contributed by atoms with Crippen LogP contribution in [0.5, 0.6) is 0 Å². The molecule has 3 heterocycles. The average Bonchev–Trinajstić information content (AvgIpc) is 3.21. The summed E-state index contributed by atoms with van der Waals surface area (Å²) in [4.78, 5) is 11.3. The van der Waals surface area contributed by atoms with Gasteiger partial charge >= 0.3 is 0 Å². The van der Waals surface area contributed by atoms with E-state index in [1.54, 1.807) is 10.9 Å². The highest BCUT2D eigenvalue weighted by molar-refractivity contribution is 5.86. The topological polar surface area (TPSA) is 58.9 Å². The molecule has 0 aliphatic carbocycles. The normalized spacial score (nSPS) is 17.4. The van der Waals surface area contributed by atoms with Crippen LogP contribution < -0.4 is 10.2 Å². The number of hydrogen-bond acceptors (Lipinski definition) is 5. The minimum Gasteiger partial charge on any atom is -0.371 e. The summed E-state index contributed by atoms with van der Waals surface area (Å²) in [6.07, 6.45) is 2.90. The third kappa shape index (κ3) is 3.14. The average molecular weight is 340 g/mol. The van der Waals surface area contributed by atoms with Gasteiger partial charge in [0.15, 0.2) is 5.65 Å². The molecule has 7 heteroatoms. The minimum absolute atomic E-state index is 0.194. The van der Waals surface area contributed by atoms with Crippen molar-refractivity contribution in [1.29, 1.82) is 0 Å². The summed E-state index contributed by atoms with van der Waals surface area (Å²) in [5.41, 5.74) is 1.92. The standard InChI is InChI=1S/C18H21FN6/c1-12-22-17(16-10-21-24(2)18(16)23-12)20-9-13-7-8-25(11-13)15-5-3-14(19)4-6-15/h3-6,10,13H,7-9,11H2,1-2H3,(H,20,22,23)/t13-/m1/s1. The molecule has 0 saturated carbocycles. The molecule has 0 radical (unpaired) electrons. The first kappa shape index (κ1) is 15.8. The Morgan fingerprint density at radius 1 is 1.24 bits per heavy atom. The van der Waals surface area contributed by atoms with E-state index in [9.17, 15) is 4.39 Å². The quantitative estimate of drug-likeness (QED) is 0.791. The van der Waals surface area contributed by atoms with E-state index in [0.717, 1.165) is 54.4 Å². The lowest BCUT2D eigenvalue weighted by Gasteiger charge is -2.19. The summed E-state index contributed by atoms with van der Waals surface area (Å²) in [5.74, 6) is 1.90. The number of aryl methyl sites for hydroxylation is 2. The number of hydrogen-bond donors (Lipinski definition) is 1. The summed E-state index contributed by atoms with van der Waals surface area (Å²) in [5, 5.41) is 8.69. The van der Waals surface area contributed by atoms with Crippen LogP contribution in [-0.2, 0) is 7.05 Å². The molecule has 25 heavy (non-hydrogen) atoms. The smallest absolute Gasteiger partial charge is 0.163 e. The van der Waals surface area contributed by atoms with Crippen molar-refractivity contribution in [1.82, 2.24) is 19.7 Å². The molecule has 130 valence electrons. The maximum absolute atomic E-state index is 13.1. The Hall–Kier alpha value is -2.70. The fourth-order valence-electron chi connectivity index (χ4n) is 3.39. The first-order chi connectivity index (χ1) is 12.1. The molecular formula is C18H21FN6. The summed E-state index contributed by atoms with van der Waals surface area (Å²) < 4.78 is 14.8. The van der Waals surface area contributed by atoms with Crippen LogP contribution in [0.15, 0.2) is 30.5 Å². The van der Waals surface area contributed by atoms with E-state index in [4.69, 9.17) is 0 Å². The highest BCUT2D eigenvalue weighted by Gasteiger charge is 2.23. The number of fused-ring (bicyclic) bond motifs is 1. The lowest BCUT2D eigenvalue weighted by molar-refractivity contribution is 0.620. The molecule has 0 spiro atoms. The zero-order valence-electron chi connectivity index (χ0n) is 14.4. The molecule has 2 aromatic heterocycles. The SMILES string of the molecule is Cc1nc(NC[C@H]2CCN(c3ccc(F)cc3)C2)c2cnn(C)c2n1. The van der Waals surface area contributed by atoms with Crippen molar-refractivity contribution in [2.24, 2.45) is 13.0 Å². The van der Waals surface area contributed by atoms with Crippen molar-refractivity contribution < 1.29 is 4.39 Å². The fourth-order valence-corrected chi connectivity index (χ4v) is 3.39. The van der Waals surface area contributed by atoms with Crippen molar-refractivity contribution in [3.63, 3.8) is 0 Å². The minimum atomic E-state index is -0.194. The number of aromatic nitrogens is 4. The number of nitrogens with one attached hydrogen (secondary N) is 1. The van der Waals surface area contributed by atoms with Crippen LogP contribution in [0.4, 0.5) is 15.9 Å². The molecule has 1 N–H and O–H groups in total. The zero-order chi connectivity index (χ0) is 17.4. The molecule has 0 bridgehead atoms. The molecule has 1 aromatic carbocycles. The van der Waals surface area contributed by atoms with Crippen molar-refractivity contribution >= 4 is 22.5 Å². The number of anilines is 2. The number of rotatable bonds is 4. The molecule has 1 atom stereocenters. The highest BCUT2D eigenvalue weighted by Crippen LogP contribution is 2.25. The van der Waals surface area contributed by atoms with Gasteiger partial charge in [-0.1, -0.05) is 0 Å². The van der Waals surface area contributed by atoms with Gasteiger partial charge < -0.3 is 10.2 Å².